The number of hydrogen-bond acceptors (Lipinski definition) is 4. The van der Waals surface area contributed by atoms with Gasteiger partial charge in [0.15, 0.2) is 11.5 Å². The van der Waals surface area contributed by atoms with Crippen molar-refractivity contribution in [3.63, 3.8) is 0 Å². The molecule has 0 radical (unpaired) electrons. The van der Waals surface area contributed by atoms with Crippen LogP contribution in [0.3, 0.4) is 0 Å². The minimum Gasteiger partial charge on any atom is -0.504 e. The fraction of sp³-hybridized carbons (Fsp3) is 0.364. The van der Waals surface area contributed by atoms with Gasteiger partial charge in [0, 0.05) is 24.6 Å². The molecule has 27 heavy (non-hydrogen) atoms. The maximum atomic E-state index is 12.6. The van der Waals surface area contributed by atoms with Crippen LogP contribution in [0.4, 0.5) is 5.69 Å². The third-order valence-electron chi connectivity index (χ3n) is 5.46. The molecule has 0 aromatic heterocycles. The molecule has 5 nitrogen and oxygen atoms in total. The molecule has 1 unspecified atom stereocenters. The van der Waals surface area contributed by atoms with Crippen molar-refractivity contribution < 1.29 is 14.6 Å². The van der Waals surface area contributed by atoms with Gasteiger partial charge in [-0.15, -0.1) is 0 Å². The Morgan fingerprint density at radius 1 is 1.15 bits per heavy atom. The van der Waals surface area contributed by atoms with Crippen LogP contribution in [0.5, 0.6) is 11.5 Å². The molecule has 4 rings (SSSR count). The van der Waals surface area contributed by atoms with E-state index in [1.165, 1.54) is 12.8 Å². The SMILES string of the molecule is N#Cc1cccc(N2CC(c3ccc(O)c(OC4CCCC4)c3)CC2=O)c1. The van der Waals surface area contributed by atoms with Crippen LogP contribution in [0.1, 0.15) is 49.1 Å². The van der Waals surface area contributed by atoms with Crippen LogP contribution in [0, 0.1) is 11.3 Å². The van der Waals surface area contributed by atoms with E-state index < -0.39 is 0 Å². The second-order valence-electron chi connectivity index (χ2n) is 7.32. The predicted octanol–water partition coefficient (Wildman–Crippen LogP) is 4.11. The number of hydrogen-bond donors (Lipinski definition) is 1. The van der Waals surface area contributed by atoms with E-state index in [0.29, 0.717) is 24.3 Å². The molecule has 0 spiro atoms. The minimum atomic E-state index is 0.0368. The van der Waals surface area contributed by atoms with Crippen molar-refractivity contribution in [3.05, 3.63) is 53.6 Å². The highest BCUT2D eigenvalue weighted by Gasteiger charge is 2.32. The van der Waals surface area contributed by atoms with Crippen LogP contribution in [0.25, 0.3) is 0 Å². The first-order chi connectivity index (χ1) is 13.1. The highest BCUT2D eigenvalue weighted by Crippen LogP contribution is 2.37. The number of phenolic OH excluding ortho intramolecular Hbond substituents is 1. The summed E-state index contributed by atoms with van der Waals surface area (Å²) < 4.78 is 5.99. The first-order valence-corrected chi connectivity index (χ1v) is 9.44. The quantitative estimate of drug-likeness (QED) is 0.888. The summed E-state index contributed by atoms with van der Waals surface area (Å²) in [6.45, 7) is 0.557. The summed E-state index contributed by atoms with van der Waals surface area (Å²) in [7, 11) is 0. The van der Waals surface area contributed by atoms with Gasteiger partial charge in [0.1, 0.15) is 0 Å². The van der Waals surface area contributed by atoms with E-state index in [0.717, 1.165) is 24.1 Å². The van der Waals surface area contributed by atoms with Crippen molar-refractivity contribution in [1.29, 1.82) is 5.26 Å². The summed E-state index contributed by atoms with van der Waals surface area (Å²) in [6.07, 6.45) is 4.95. The average molecular weight is 362 g/mol. The number of rotatable bonds is 4. The lowest BCUT2D eigenvalue weighted by Gasteiger charge is -2.18. The number of benzene rings is 2. The molecular formula is C22H22N2O3. The molecule has 2 aromatic carbocycles. The molecule has 1 saturated carbocycles. The van der Waals surface area contributed by atoms with E-state index in [9.17, 15) is 9.90 Å². The van der Waals surface area contributed by atoms with Gasteiger partial charge in [0.25, 0.3) is 0 Å². The Morgan fingerprint density at radius 2 is 1.96 bits per heavy atom. The fourth-order valence-corrected chi connectivity index (χ4v) is 3.99. The molecular weight excluding hydrogens is 340 g/mol. The summed E-state index contributed by atoms with van der Waals surface area (Å²) in [5.41, 5.74) is 2.29. The van der Waals surface area contributed by atoms with Gasteiger partial charge in [0.2, 0.25) is 5.91 Å². The summed E-state index contributed by atoms with van der Waals surface area (Å²) in [5, 5.41) is 19.2. The lowest BCUT2D eigenvalue weighted by Crippen LogP contribution is -2.24. The van der Waals surface area contributed by atoms with E-state index >= 15 is 0 Å². The maximum Gasteiger partial charge on any atom is 0.227 e. The van der Waals surface area contributed by atoms with E-state index in [1.54, 1.807) is 29.2 Å². The number of phenols is 1. The normalized spacial score (nSPS) is 20.0. The van der Waals surface area contributed by atoms with Crippen LogP contribution in [0.2, 0.25) is 0 Å². The molecule has 2 aliphatic rings. The molecule has 1 aliphatic heterocycles. The van der Waals surface area contributed by atoms with Gasteiger partial charge in [-0.25, -0.2) is 0 Å². The molecule has 1 aliphatic carbocycles. The highest BCUT2D eigenvalue weighted by molar-refractivity contribution is 5.96. The molecule has 2 fully saturated rings. The molecule has 1 N–H and O–H groups in total. The Hall–Kier alpha value is -3.00. The largest absolute Gasteiger partial charge is 0.504 e. The van der Waals surface area contributed by atoms with Gasteiger partial charge in [-0.2, -0.15) is 5.26 Å². The number of carbonyl (C=O) groups excluding carboxylic acids is 1. The highest BCUT2D eigenvalue weighted by atomic mass is 16.5. The summed E-state index contributed by atoms with van der Waals surface area (Å²) in [4.78, 5) is 14.3. The maximum absolute atomic E-state index is 12.6. The van der Waals surface area contributed by atoms with Gasteiger partial charge < -0.3 is 14.7 Å². The second-order valence-corrected chi connectivity index (χ2v) is 7.32. The minimum absolute atomic E-state index is 0.0368. The van der Waals surface area contributed by atoms with E-state index in [1.807, 2.05) is 18.2 Å². The zero-order chi connectivity index (χ0) is 18.8. The topological polar surface area (TPSA) is 73.6 Å². The number of anilines is 1. The average Bonchev–Trinajstić information content (AvgIpc) is 3.33. The summed E-state index contributed by atoms with van der Waals surface area (Å²) in [5.74, 6) is 0.738. The van der Waals surface area contributed by atoms with Crippen molar-refractivity contribution in [2.45, 2.75) is 44.1 Å². The molecule has 0 bridgehead atoms. The fourth-order valence-electron chi connectivity index (χ4n) is 3.99. The standard InChI is InChI=1S/C22H22N2O3/c23-13-15-4-3-5-18(10-15)24-14-17(12-22(24)26)16-8-9-20(25)21(11-16)27-19-6-1-2-7-19/h3-5,8-11,17,19,25H,1-2,6-7,12,14H2. The molecule has 138 valence electrons. The molecule has 1 heterocycles. The Kier molecular flexibility index (Phi) is 4.72. The molecule has 2 aromatic rings. The molecule has 1 atom stereocenters. The van der Waals surface area contributed by atoms with Crippen LogP contribution in [-0.4, -0.2) is 23.7 Å². The van der Waals surface area contributed by atoms with Crippen molar-refractivity contribution in [2.75, 3.05) is 11.4 Å². The first kappa shape index (κ1) is 17.4. The third kappa shape index (κ3) is 3.61. The van der Waals surface area contributed by atoms with Gasteiger partial charge in [0.05, 0.1) is 17.7 Å². The Morgan fingerprint density at radius 3 is 2.74 bits per heavy atom. The number of ether oxygens (including phenoxy) is 1. The first-order valence-electron chi connectivity index (χ1n) is 9.44. The van der Waals surface area contributed by atoms with Crippen molar-refractivity contribution in [3.8, 4) is 17.6 Å². The van der Waals surface area contributed by atoms with E-state index in [-0.39, 0.29) is 23.7 Å². The van der Waals surface area contributed by atoms with E-state index in [4.69, 9.17) is 10.00 Å². The van der Waals surface area contributed by atoms with Gasteiger partial charge >= 0.3 is 0 Å². The van der Waals surface area contributed by atoms with Gasteiger partial charge in [-0.3, -0.25) is 4.79 Å². The van der Waals surface area contributed by atoms with Gasteiger partial charge in [-0.05, 0) is 61.6 Å². The lowest BCUT2D eigenvalue weighted by atomic mass is 9.98. The zero-order valence-electron chi connectivity index (χ0n) is 15.1. The molecule has 5 heteroatoms. The summed E-state index contributed by atoms with van der Waals surface area (Å²) >= 11 is 0. The Bertz CT molecular complexity index is 897. The number of nitriles is 1. The van der Waals surface area contributed by atoms with Crippen molar-refractivity contribution in [1.82, 2.24) is 0 Å². The van der Waals surface area contributed by atoms with Crippen LogP contribution in [-0.2, 0) is 4.79 Å². The van der Waals surface area contributed by atoms with Crippen LogP contribution in [0.15, 0.2) is 42.5 Å². The number of carbonyl (C=O) groups is 1. The van der Waals surface area contributed by atoms with Crippen molar-refractivity contribution in [2.24, 2.45) is 0 Å². The Labute approximate surface area is 158 Å². The number of aromatic hydroxyl groups is 1. The smallest absolute Gasteiger partial charge is 0.227 e. The van der Waals surface area contributed by atoms with Crippen LogP contribution >= 0.6 is 0 Å². The Balaban J connectivity index is 1.54. The van der Waals surface area contributed by atoms with Gasteiger partial charge in [-0.1, -0.05) is 12.1 Å². The number of amides is 1. The number of nitrogens with zero attached hydrogens (tertiary/aromatic N) is 2. The predicted molar refractivity (Wildman–Crippen MR) is 102 cm³/mol. The monoisotopic (exact) mass is 362 g/mol. The van der Waals surface area contributed by atoms with E-state index in [2.05, 4.69) is 6.07 Å². The van der Waals surface area contributed by atoms with Crippen molar-refractivity contribution >= 4 is 11.6 Å². The lowest BCUT2D eigenvalue weighted by molar-refractivity contribution is -0.117. The second kappa shape index (κ2) is 7.32. The summed E-state index contributed by atoms with van der Waals surface area (Å²) in [6, 6.07) is 14.6. The molecule has 1 amide bonds. The third-order valence-corrected chi connectivity index (χ3v) is 5.46. The molecule has 1 saturated heterocycles. The van der Waals surface area contributed by atoms with Crippen LogP contribution < -0.4 is 9.64 Å². The zero-order valence-corrected chi connectivity index (χ0v) is 15.1.